The van der Waals surface area contributed by atoms with E-state index in [0.717, 1.165) is 30.2 Å². The number of quaternary nitrogens is 1. The van der Waals surface area contributed by atoms with Crippen LogP contribution in [0.3, 0.4) is 0 Å². The number of amides is 1. The van der Waals surface area contributed by atoms with Gasteiger partial charge in [-0.25, -0.2) is 4.98 Å². The van der Waals surface area contributed by atoms with Gasteiger partial charge in [-0.05, 0) is 43.3 Å². The van der Waals surface area contributed by atoms with E-state index in [1.54, 1.807) is 11.8 Å². The molecule has 0 fully saturated rings. The molecule has 6 heteroatoms. The van der Waals surface area contributed by atoms with Crippen LogP contribution in [0, 0.1) is 0 Å². The summed E-state index contributed by atoms with van der Waals surface area (Å²) in [5.41, 5.74) is 3.09. The van der Waals surface area contributed by atoms with Gasteiger partial charge in [-0.1, -0.05) is 18.2 Å². The van der Waals surface area contributed by atoms with E-state index in [0.29, 0.717) is 11.7 Å². The van der Waals surface area contributed by atoms with Crippen molar-refractivity contribution in [1.29, 1.82) is 0 Å². The standard InChI is InChI=1S/C22H25N3O2S/c1-4-27-21-12-10-18(11-13-21)14-24(3)15-19-16-28-22(23-19)25(17(2)26)20-8-6-5-7-9-20/h5-13,16H,4,14-15H2,1-3H3/p+1. The summed E-state index contributed by atoms with van der Waals surface area (Å²) in [5, 5.41) is 2.75. The molecule has 0 spiro atoms. The second-order valence-corrected chi connectivity index (χ2v) is 7.54. The molecule has 1 unspecified atom stereocenters. The second-order valence-electron chi connectivity index (χ2n) is 6.70. The van der Waals surface area contributed by atoms with Crippen molar-refractivity contribution >= 4 is 28.1 Å². The number of ether oxygens (including phenoxy) is 1. The number of nitrogens with zero attached hydrogens (tertiary/aromatic N) is 2. The summed E-state index contributed by atoms with van der Waals surface area (Å²) in [5.74, 6) is 0.862. The zero-order valence-corrected chi connectivity index (χ0v) is 17.3. The molecule has 28 heavy (non-hydrogen) atoms. The second kappa shape index (κ2) is 9.48. The first-order valence-corrected chi connectivity index (χ1v) is 10.3. The van der Waals surface area contributed by atoms with Crippen molar-refractivity contribution in [3.63, 3.8) is 0 Å². The number of nitrogens with one attached hydrogen (secondary N) is 1. The lowest BCUT2D eigenvalue weighted by molar-refractivity contribution is -0.908. The van der Waals surface area contributed by atoms with Crippen LogP contribution < -0.4 is 14.5 Å². The maximum Gasteiger partial charge on any atom is 0.230 e. The van der Waals surface area contributed by atoms with Crippen LogP contribution in [0.4, 0.5) is 10.8 Å². The van der Waals surface area contributed by atoms with Crippen molar-refractivity contribution in [1.82, 2.24) is 4.98 Å². The van der Waals surface area contributed by atoms with Crippen LogP contribution >= 0.6 is 11.3 Å². The fourth-order valence-corrected chi connectivity index (χ4v) is 3.96. The molecule has 1 heterocycles. The Balaban J connectivity index is 1.65. The topological polar surface area (TPSA) is 46.9 Å². The van der Waals surface area contributed by atoms with Gasteiger partial charge in [-0.3, -0.25) is 9.69 Å². The number of anilines is 2. The summed E-state index contributed by atoms with van der Waals surface area (Å²) in [6.45, 7) is 5.92. The number of aromatic nitrogens is 1. The predicted molar refractivity (Wildman–Crippen MR) is 113 cm³/mol. The van der Waals surface area contributed by atoms with Crippen molar-refractivity contribution in [3.8, 4) is 5.75 Å². The number of carbonyl (C=O) groups is 1. The van der Waals surface area contributed by atoms with E-state index >= 15 is 0 Å². The van der Waals surface area contributed by atoms with Crippen molar-refractivity contribution in [3.05, 3.63) is 71.2 Å². The van der Waals surface area contributed by atoms with E-state index in [-0.39, 0.29) is 5.91 Å². The Labute approximate surface area is 170 Å². The van der Waals surface area contributed by atoms with Crippen LogP contribution in [0.25, 0.3) is 0 Å². The van der Waals surface area contributed by atoms with Gasteiger partial charge in [0, 0.05) is 17.9 Å². The van der Waals surface area contributed by atoms with Crippen LogP contribution in [0.5, 0.6) is 5.75 Å². The molecule has 3 rings (SSSR count). The molecule has 0 aliphatic rings. The highest BCUT2D eigenvalue weighted by Crippen LogP contribution is 2.28. The van der Waals surface area contributed by atoms with Crippen molar-refractivity contribution in [2.75, 3.05) is 18.6 Å². The van der Waals surface area contributed by atoms with E-state index in [2.05, 4.69) is 19.2 Å². The first-order chi connectivity index (χ1) is 13.6. The third-order valence-electron chi connectivity index (χ3n) is 4.28. The molecule has 3 aromatic rings. The molecule has 1 aromatic heterocycles. The van der Waals surface area contributed by atoms with Gasteiger partial charge in [0.05, 0.1) is 19.3 Å². The van der Waals surface area contributed by atoms with Crippen molar-refractivity contribution in [2.24, 2.45) is 0 Å². The molecule has 1 amide bonds. The van der Waals surface area contributed by atoms with Crippen LogP contribution in [-0.4, -0.2) is 24.5 Å². The lowest BCUT2D eigenvalue weighted by atomic mass is 10.2. The van der Waals surface area contributed by atoms with Crippen LogP contribution in [0.15, 0.2) is 60.0 Å². The number of benzene rings is 2. The van der Waals surface area contributed by atoms with Crippen LogP contribution in [0.1, 0.15) is 25.1 Å². The average molecular weight is 397 g/mol. The number of rotatable bonds is 8. The zero-order chi connectivity index (χ0) is 19.9. The average Bonchev–Trinajstić information content (AvgIpc) is 3.12. The number of carbonyl (C=O) groups excluding carboxylic acids is 1. The number of para-hydroxylation sites is 1. The molecule has 0 bridgehead atoms. The van der Waals surface area contributed by atoms with E-state index in [1.165, 1.54) is 21.8 Å². The number of hydrogen-bond donors (Lipinski definition) is 1. The van der Waals surface area contributed by atoms with Gasteiger partial charge < -0.3 is 9.64 Å². The van der Waals surface area contributed by atoms with Gasteiger partial charge in [-0.15, -0.1) is 11.3 Å². The Bertz CT molecular complexity index is 894. The highest BCUT2D eigenvalue weighted by atomic mass is 32.1. The van der Waals surface area contributed by atoms with Crippen molar-refractivity contribution < 1.29 is 14.4 Å². The maximum atomic E-state index is 12.2. The highest BCUT2D eigenvalue weighted by Gasteiger charge is 2.18. The summed E-state index contributed by atoms with van der Waals surface area (Å²) in [7, 11) is 2.15. The monoisotopic (exact) mass is 396 g/mol. The Kier molecular flexibility index (Phi) is 6.79. The molecular formula is C22H26N3O2S+. The van der Waals surface area contributed by atoms with Gasteiger partial charge in [-0.2, -0.15) is 0 Å². The van der Waals surface area contributed by atoms with Crippen molar-refractivity contribution in [2.45, 2.75) is 26.9 Å². The minimum absolute atomic E-state index is 0.0396. The lowest BCUT2D eigenvalue weighted by Crippen LogP contribution is -3.06. The summed E-state index contributed by atoms with van der Waals surface area (Å²) in [6, 6.07) is 17.9. The molecule has 1 N–H and O–H groups in total. The molecule has 2 aromatic carbocycles. The normalized spacial score (nSPS) is 11.8. The summed E-state index contributed by atoms with van der Waals surface area (Å²) in [6.07, 6.45) is 0. The molecule has 1 atom stereocenters. The smallest absolute Gasteiger partial charge is 0.230 e. The molecule has 0 saturated carbocycles. The number of thiazole rings is 1. The fraction of sp³-hybridized carbons (Fsp3) is 0.273. The van der Waals surface area contributed by atoms with Crippen LogP contribution in [0.2, 0.25) is 0 Å². The fourth-order valence-electron chi connectivity index (χ4n) is 3.07. The molecule has 5 nitrogen and oxygen atoms in total. The maximum absolute atomic E-state index is 12.2. The minimum atomic E-state index is -0.0396. The predicted octanol–water partition coefficient (Wildman–Crippen LogP) is 3.44. The van der Waals surface area contributed by atoms with E-state index in [1.807, 2.05) is 54.8 Å². The van der Waals surface area contributed by atoms with E-state index in [4.69, 9.17) is 9.72 Å². The van der Waals surface area contributed by atoms with Gasteiger partial charge in [0.1, 0.15) is 24.5 Å². The van der Waals surface area contributed by atoms with Gasteiger partial charge in [0.15, 0.2) is 5.13 Å². The third-order valence-corrected chi connectivity index (χ3v) is 5.16. The van der Waals surface area contributed by atoms with E-state index < -0.39 is 0 Å². The van der Waals surface area contributed by atoms with Gasteiger partial charge in [0.2, 0.25) is 5.91 Å². The first-order valence-electron chi connectivity index (χ1n) is 9.40. The van der Waals surface area contributed by atoms with Gasteiger partial charge in [0.25, 0.3) is 0 Å². The molecule has 0 radical (unpaired) electrons. The molecular weight excluding hydrogens is 370 g/mol. The Morgan fingerprint density at radius 2 is 1.82 bits per heavy atom. The van der Waals surface area contributed by atoms with Gasteiger partial charge >= 0.3 is 0 Å². The first kappa shape index (κ1) is 20.0. The highest BCUT2D eigenvalue weighted by molar-refractivity contribution is 7.14. The molecule has 0 aliphatic heterocycles. The molecule has 0 saturated heterocycles. The summed E-state index contributed by atoms with van der Waals surface area (Å²) >= 11 is 1.50. The summed E-state index contributed by atoms with van der Waals surface area (Å²) in [4.78, 5) is 19.9. The Morgan fingerprint density at radius 1 is 1.11 bits per heavy atom. The number of hydrogen-bond acceptors (Lipinski definition) is 4. The summed E-state index contributed by atoms with van der Waals surface area (Å²) < 4.78 is 5.49. The van der Waals surface area contributed by atoms with Crippen LogP contribution in [-0.2, 0) is 17.9 Å². The minimum Gasteiger partial charge on any atom is -0.494 e. The Hall–Kier alpha value is -2.70. The lowest BCUT2D eigenvalue weighted by Gasteiger charge is -2.17. The van der Waals surface area contributed by atoms with E-state index in [9.17, 15) is 4.79 Å². The largest absolute Gasteiger partial charge is 0.494 e. The SMILES string of the molecule is CCOc1ccc(C[NH+](C)Cc2csc(N(C(C)=O)c3ccccc3)n2)cc1. The Morgan fingerprint density at radius 3 is 2.46 bits per heavy atom. The quantitative estimate of drug-likeness (QED) is 0.634. The molecule has 0 aliphatic carbocycles. The molecule has 146 valence electrons. The third kappa shape index (κ3) is 5.18. The zero-order valence-electron chi connectivity index (χ0n) is 16.5.